The molecule has 3 heteroatoms. The average molecular weight is 160 g/mol. The Morgan fingerprint density at radius 2 is 2.42 bits per heavy atom. The number of rotatable bonds is 2. The van der Waals surface area contributed by atoms with E-state index in [9.17, 15) is 0 Å². The standard InChI is InChI=1S/C9H6NO2/c1-2-4-8(5-3-1)12-9-10-6-7-11-9/h1-4,6-7H. The fraction of sp³-hybridized carbons (Fsp3) is 0. The molecule has 0 aliphatic rings. The molecule has 2 rings (SSSR count). The van der Waals surface area contributed by atoms with E-state index in [-0.39, 0.29) is 6.08 Å². The summed E-state index contributed by atoms with van der Waals surface area (Å²) in [6, 6.07) is 10.1. The Balaban J connectivity index is 2.15. The SMILES string of the molecule is [c]1ccccc1Oc1ncco1. The quantitative estimate of drug-likeness (QED) is 0.675. The summed E-state index contributed by atoms with van der Waals surface area (Å²) in [4.78, 5) is 3.80. The van der Waals surface area contributed by atoms with Crippen LogP contribution in [0.25, 0.3) is 0 Å². The molecule has 12 heavy (non-hydrogen) atoms. The maximum Gasteiger partial charge on any atom is 0.399 e. The van der Waals surface area contributed by atoms with Gasteiger partial charge in [0, 0.05) is 6.07 Å². The van der Waals surface area contributed by atoms with E-state index in [0.717, 1.165) is 0 Å². The van der Waals surface area contributed by atoms with Crippen LogP contribution in [0.2, 0.25) is 0 Å². The monoisotopic (exact) mass is 160 g/mol. The molecule has 0 N–H and O–H groups in total. The molecular formula is C9H6NO2. The predicted molar refractivity (Wildman–Crippen MR) is 41.9 cm³/mol. The highest BCUT2D eigenvalue weighted by atomic mass is 16.6. The van der Waals surface area contributed by atoms with Crippen molar-refractivity contribution in [1.29, 1.82) is 0 Å². The molecule has 1 heterocycles. The van der Waals surface area contributed by atoms with Gasteiger partial charge in [-0.25, -0.2) is 0 Å². The largest absolute Gasteiger partial charge is 0.417 e. The summed E-state index contributed by atoms with van der Waals surface area (Å²) >= 11 is 0. The lowest BCUT2D eigenvalue weighted by molar-refractivity contribution is 0.330. The highest BCUT2D eigenvalue weighted by molar-refractivity contribution is 5.21. The normalized spacial score (nSPS) is 9.67. The van der Waals surface area contributed by atoms with Crippen LogP contribution in [0.3, 0.4) is 0 Å². The minimum atomic E-state index is 0.234. The van der Waals surface area contributed by atoms with Crippen LogP contribution in [0.15, 0.2) is 41.1 Å². The Labute approximate surface area is 69.6 Å². The van der Waals surface area contributed by atoms with Crippen molar-refractivity contribution in [2.75, 3.05) is 0 Å². The van der Waals surface area contributed by atoms with Gasteiger partial charge in [-0.15, -0.1) is 0 Å². The van der Waals surface area contributed by atoms with E-state index >= 15 is 0 Å². The number of oxazole rings is 1. The summed E-state index contributed by atoms with van der Waals surface area (Å²) in [5.74, 6) is 0.597. The lowest BCUT2D eigenvalue weighted by Gasteiger charge is -1.97. The van der Waals surface area contributed by atoms with Crippen LogP contribution in [0.1, 0.15) is 0 Å². The number of ether oxygens (including phenoxy) is 1. The van der Waals surface area contributed by atoms with Crippen molar-refractivity contribution in [1.82, 2.24) is 4.98 Å². The minimum Gasteiger partial charge on any atom is -0.417 e. The third-order valence-electron chi connectivity index (χ3n) is 1.29. The van der Waals surface area contributed by atoms with Crippen LogP contribution >= 0.6 is 0 Å². The number of nitrogens with zero attached hydrogens (tertiary/aromatic N) is 1. The fourth-order valence-electron chi connectivity index (χ4n) is 0.795. The van der Waals surface area contributed by atoms with E-state index in [0.29, 0.717) is 5.75 Å². The lowest BCUT2D eigenvalue weighted by atomic mass is 10.3. The molecule has 3 nitrogen and oxygen atoms in total. The second-order valence-electron chi connectivity index (χ2n) is 2.13. The zero-order valence-corrected chi connectivity index (χ0v) is 6.23. The number of aromatic nitrogens is 1. The third kappa shape index (κ3) is 1.45. The van der Waals surface area contributed by atoms with Gasteiger partial charge in [0.2, 0.25) is 0 Å². The van der Waals surface area contributed by atoms with Crippen molar-refractivity contribution in [3.63, 3.8) is 0 Å². The second kappa shape index (κ2) is 3.09. The number of benzene rings is 1. The molecule has 0 aliphatic carbocycles. The van der Waals surface area contributed by atoms with E-state index in [1.54, 1.807) is 12.1 Å². The van der Waals surface area contributed by atoms with Crippen molar-refractivity contribution >= 4 is 0 Å². The molecule has 0 saturated carbocycles. The summed E-state index contributed by atoms with van der Waals surface area (Å²) in [5.41, 5.74) is 0. The van der Waals surface area contributed by atoms with Gasteiger partial charge >= 0.3 is 6.08 Å². The Hall–Kier alpha value is -1.77. The third-order valence-corrected chi connectivity index (χ3v) is 1.29. The van der Waals surface area contributed by atoms with Crippen LogP contribution in [0.4, 0.5) is 0 Å². The van der Waals surface area contributed by atoms with Gasteiger partial charge in [-0.3, -0.25) is 0 Å². The Morgan fingerprint density at radius 1 is 1.42 bits per heavy atom. The first-order valence-corrected chi connectivity index (χ1v) is 3.49. The van der Waals surface area contributed by atoms with Gasteiger partial charge in [0.15, 0.2) is 0 Å². The highest BCUT2D eigenvalue weighted by Crippen LogP contribution is 2.16. The van der Waals surface area contributed by atoms with Gasteiger partial charge < -0.3 is 9.15 Å². The molecule has 59 valence electrons. The van der Waals surface area contributed by atoms with E-state index in [1.807, 2.05) is 12.1 Å². The molecule has 0 aliphatic heterocycles. The molecule has 2 aromatic rings. The van der Waals surface area contributed by atoms with E-state index in [2.05, 4.69) is 11.1 Å². The average Bonchev–Trinajstić information content (AvgIpc) is 2.59. The van der Waals surface area contributed by atoms with Crippen molar-refractivity contribution in [2.45, 2.75) is 0 Å². The number of hydrogen-bond donors (Lipinski definition) is 0. The molecular weight excluding hydrogens is 154 g/mol. The molecule has 0 saturated heterocycles. The smallest absolute Gasteiger partial charge is 0.399 e. The zero-order chi connectivity index (χ0) is 8.23. The minimum absolute atomic E-state index is 0.234. The maximum absolute atomic E-state index is 5.18. The van der Waals surface area contributed by atoms with Gasteiger partial charge in [0.25, 0.3) is 0 Å². The Morgan fingerprint density at radius 3 is 3.08 bits per heavy atom. The zero-order valence-electron chi connectivity index (χ0n) is 6.23. The molecule has 0 unspecified atom stereocenters. The number of para-hydroxylation sites is 1. The number of hydrogen-bond acceptors (Lipinski definition) is 3. The summed E-state index contributed by atoms with van der Waals surface area (Å²) in [6.07, 6.45) is 3.22. The molecule has 1 aromatic heterocycles. The molecule has 1 radical (unpaired) electrons. The summed E-state index contributed by atoms with van der Waals surface area (Å²) in [5, 5.41) is 0. The van der Waals surface area contributed by atoms with Crippen LogP contribution in [0.5, 0.6) is 11.8 Å². The van der Waals surface area contributed by atoms with Crippen LogP contribution in [-0.2, 0) is 0 Å². The Kier molecular flexibility index (Phi) is 1.78. The topological polar surface area (TPSA) is 35.3 Å². The van der Waals surface area contributed by atoms with Gasteiger partial charge in [0.1, 0.15) is 12.0 Å². The van der Waals surface area contributed by atoms with Crippen molar-refractivity contribution in [2.24, 2.45) is 0 Å². The lowest BCUT2D eigenvalue weighted by Crippen LogP contribution is -1.82. The predicted octanol–water partition coefficient (Wildman–Crippen LogP) is 2.27. The molecule has 0 spiro atoms. The highest BCUT2D eigenvalue weighted by Gasteiger charge is 1.98. The molecule has 0 atom stereocenters. The van der Waals surface area contributed by atoms with Crippen molar-refractivity contribution in [3.8, 4) is 11.8 Å². The Bertz CT molecular complexity index is 329. The first kappa shape index (κ1) is 6.91. The first-order valence-electron chi connectivity index (χ1n) is 3.49. The van der Waals surface area contributed by atoms with Crippen molar-refractivity contribution in [3.05, 3.63) is 42.8 Å². The van der Waals surface area contributed by atoms with Crippen LogP contribution < -0.4 is 4.74 Å². The van der Waals surface area contributed by atoms with Gasteiger partial charge in [-0.1, -0.05) is 18.2 Å². The van der Waals surface area contributed by atoms with E-state index < -0.39 is 0 Å². The summed E-state index contributed by atoms with van der Waals surface area (Å²) < 4.78 is 10.1. The first-order chi connectivity index (χ1) is 5.95. The fourth-order valence-corrected chi connectivity index (χ4v) is 0.795. The summed E-state index contributed by atoms with van der Waals surface area (Å²) in [6.45, 7) is 0. The van der Waals surface area contributed by atoms with Crippen LogP contribution in [0, 0.1) is 6.07 Å². The maximum atomic E-state index is 5.18. The molecule has 1 aromatic carbocycles. The van der Waals surface area contributed by atoms with Gasteiger partial charge in [-0.2, -0.15) is 4.98 Å². The van der Waals surface area contributed by atoms with E-state index in [1.165, 1.54) is 12.5 Å². The molecule has 0 fully saturated rings. The van der Waals surface area contributed by atoms with E-state index in [4.69, 9.17) is 9.15 Å². The molecule has 0 amide bonds. The summed E-state index contributed by atoms with van der Waals surface area (Å²) in [7, 11) is 0. The molecule has 0 bridgehead atoms. The van der Waals surface area contributed by atoms with Crippen LogP contribution in [-0.4, -0.2) is 4.98 Å². The van der Waals surface area contributed by atoms with Crippen molar-refractivity contribution < 1.29 is 9.15 Å². The van der Waals surface area contributed by atoms with Gasteiger partial charge in [-0.05, 0) is 6.07 Å². The second-order valence-corrected chi connectivity index (χ2v) is 2.13. The van der Waals surface area contributed by atoms with Gasteiger partial charge in [0.05, 0.1) is 6.20 Å².